The number of hydrogen-bond acceptors (Lipinski definition) is 4. The molecular weight excluding hydrogens is 158 g/mol. The monoisotopic (exact) mass is 173 g/mol. The highest BCUT2D eigenvalue weighted by Crippen LogP contribution is 2.26. The summed E-state index contributed by atoms with van der Waals surface area (Å²) in [4.78, 5) is 10.9. The van der Waals surface area contributed by atoms with E-state index < -0.39 is 0 Å². The molecule has 1 aliphatic heterocycles. The van der Waals surface area contributed by atoms with E-state index in [9.17, 15) is 4.79 Å². The maximum Gasteiger partial charge on any atom is 0.308 e. The van der Waals surface area contributed by atoms with E-state index in [-0.39, 0.29) is 18.2 Å². The lowest BCUT2D eigenvalue weighted by Crippen LogP contribution is -2.18. The summed E-state index contributed by atoms with van der Waals surface area (Å²) >= 11 is 0. The standard InChI is InChI=1S/C8H15NO3/c1-11-8-6(3-2-4-9)5-7(10)12-8/h6,8H,2-5,9H2,1H3. The molecule has 2 unspecified atom stereocenters. The van der Waals surface area contributed by atoms with Gasteiger partial charge in [0.15, 0.2) is 0 Å². The van der Waals surface area contributed by atoms with Gasteiger partial charge in [0.05, 0.1) is 6.42 Å². The van der Waals surface area contributed by atoms with Gasteiger partial charge in [0.1, 0.15) is 0 Å². The predicted molar refractivity (Wildman–Crippen MR) is 43.3 cm³/mol. The lowest BCUT2D eigenvalue weighted by Gasteiger charge is -2.14. The van der Waals surface area contributed by atoms with Crippen LogP contribution < -0.4 is 5.73 Å². The van der Waals surface area contributed by atoms with Crippen LogP contribution in [0.4, 0.5) is 0 Å². The van der Waals surface area contributed by atoms with Crippen molar-refractivity contribution in [1.82, 2.24) is 0 Å². The molecule has 2 atom stereocenters. The maximum atomic E-state index is 10.9. The lowest BCUT2D eigenvalue weighted by molar-refractivity contribution is -0.161. The van der Waals surface area contributed by atoms with Gasteiger partial charge in [-0.05, 0) is 19.4 Å². The largest absolute Gasteiger partial charge is 0.435 e. The Kier molecular flexibility index (Phi) is 3.49. The molecule has 0 aromatic heterocycles. The molecule has 1 heterocycles. The topological polar surface area (TPSA) is 61.5 Å². The highest BCUT2D eigenvalue weighted by Gasteiger charge is 2.33. The Morgan fingerprint density at radius 1 is 1.75 bits per heavy atom. The Morgan fingerprint density at radius 3 is 3.08 bits per heavy atom. The molecule has 1 fully saturated rings. The Hall–Kier alpha value is -0.610. The average molecular weight is 173 g/mol. The molecule has 0 radical (unpaired) electrons. The van der Waals surface area contributed by atoms with Crippen molar-refractivity contribution in [3.63, 3.8) is 0 Å². The second-order valence-corrected chi connectivity index (χ2v) is 2.99. The lowest BCUT2D eigenvalue weighted by atomic mass is 10.0. The molecule has 0 aromatic rings. The zero-order chi connectivity index (χ0) is 8.97. The van der Waals surface area contributed by atoms with E-state index in [0.29, 0.717) is 13.0 Å². The first-order chi connectivity index (χ1) is 5.77. The first-order valence-electron chi connectivity index (χ1n) is 4.20. The van der Waals surface area contributed by atoms with Gasteiger partial charge in [0.25, 0.3) is 0 Å². The van der Waals surface area contributed by atoms with Gasteiger partial charge in [-0.15, -0.1) is 0 Å². The van der Waals surface area contributed by atoms with Crippen LogP contribution in [0.5, 0.6) is 0 Å². The van der Waals surface area contributed by atoms with E-state index in [2.05, 4.69) is 0 Å². The average Bonchev–Trinajstić information content (AvgIpc) is 2.42. The van der Waals surface area contributed by atoms with Crippen molar-refractivity contribution in [2.75, 3.05) is 13.7 Å². The molecule has 0 amide bonds. The van der Waals surface area contributed by atoms with E-state index in [1.165, 1.54) is 0 Å². The third kappa shape index (κ3) is 2.19. The first kappa shape index (κ1) is 9.48. The van der Waals surface area contributed by atoms with Crippen molar-refractivity contribution in [3.8, 4) is 0 Å². The molecule has 0 aromatic carbocycles. The second-order valence-electron chi connectivity index (χ2n) is 2.99. The third-order valence-electron chi connectivity index (χ3n) is 2.07. The van der Waals surface area contributed by atoms with Crippen molar-refractivity contribution in [2.24, 2.45) is 11.7 Å². The Labute approximate surface area is 72.0 Å². The predicted octanol–water partition coefficient (Wildman–Crippen LogP) is 0.261. The summed E-state index contributed by atoms with van der Waals surface area (Å²) in [7, 11) is 1.55. The zero-order valence-corrected chi connectivity index (χ0v) is 7.29. The van der Waals surface area contributed by atoms with Crippen LogP contribution in [0.15, 0.2) is 0 Å². The minimum absolute atomic E-state index is 0.163. The van der Waals surface area contributed by atoms with Crippen molar-refractivity contribution in [1.29, 1.82) is 0 Å². The fourth-order valence-corrected chi connectivity index (χ4v) is 1.44. The highest BCUT2D eigenvalue weighted by molar-refractivity contribution is 5.71. The van der Waals surface area contributed by atoms with Gasteiger partial charge in [0.2, 0.25) is 6.29 Å². The number of ether oxygens (including phenoxy) is 2. The number of nitrogens with two attached hydrogens (primary N) is 1. The van der Waals surface area contributed by atoms with Crippen LogP contribution in [0.3, 0.4) is 0 Å². The molecule has 1 rings (SSSR count). The SMILES string of the molecule is COC1OC(=O)CC1CCCN. The third-order valence-corrected chi connectivity index (χ3v) is 2.07. The van der Waals surface area contributed by atoms with E-state index >= 15 is 0 Å². The highest BCUT2D eigenvalue weighted by atomic mass is 16.7. The molecule has 0 saturated carbocycles. The quantitative estimate of drug-likeness (QED) is 0.619. The number of carbonyl (C=O) groups excluding carboxylic acids is 1. The number of hydrogen-bond donors (Lipinski definition) is 1. The smallest absolute Gasteiger partial charge is 0.308 e. The zero-order valence-electron chi connectivity index (χ0n) is 7.29. The molecule has 70 valence electrons. The molecule has 4 nitrogen and oxygen atoms in total. The summed E-state index contributed by atoms with van der Waals surface area (Å²) in [6.45, 7) is 0.654. The summed E-state index contributed by atoms with van der Waals surface area (Å²) in [5.74, 6) is 0.0370. The van der Waals surface area contributed by atoms with Gasteiger partial charge in [-0.2, -0.15) is 0 Å². The molecule has 2 N–H and O–H groups in total. The van der Waals surface area contributed by atoms with Crippen molar-refractivity contribution in [2.45, 2.75) is 25.6 Å². The summed E-state index contributed by atoms with van der Waals surface area (Å²) in [6, 6.07) is 0. The second kappa shape index (κ2) is 4.42. The fourth-order valence-electron chi connectivity index (χ4n) is 1.44. The molecule has 0 bridgehead atoms. The number of rotatable bonds is 4. The van der Waals surface area contributed by atoms with Crippen LogP contribution in [0.25, 0.3) is 0 Å². The molecular formula is C8H15NO3. The number of methoxy groups -OCH3 is 1. The van der Waals surface area contributed by atoms with Crippen LogP contribution in [0, 0.1) is 5.92 Å². The van der Waals surface area contributed by atoms with Crippen LogP contribution in [0.1, 0.15) is 19.3 Å². The van der Waals surface area contributed by atoms with Crippen molar-refractivity contribution >= 4 is 5.97 Å². The van der Waals surface area contributed by atoms with E-state index in [1.54, 1.807) is 7.11 Å². The summed E-state index contributed by atoms with van der Waals surface area (Å²) in [6.07, 6.45) is 1.95. The van der Waals surface area contributed by atoms with Gasteiger partial charge in [0, 0.05) is 13.0 Å². The fraction of sp³-hybridized carbons (Fsp3) is 0.875. The van der Waals surface area contributed by atoms with E-state index in [4.69, 9.17) is 15.2 Å². The molecule has 1 saturated heterocycles. The minimum Gasteiger partial charge on any atom is -0.435 e. The van der Waals surface area contributed by atoms with Gasteiger partial charge in [-0.3, -0.25) is 4.79 Å². The van der Waals surface area contributed by atoms with Gasteiger partial charge in [-0.25, -0.2) is 0 Å². The number of carbonyl (C=O) groups is 1. The van der Waals surface area contributed by atoms with Crippen LogP contribution in [-0.4, -0.2) is 25.9 Å². The first-order valence-corrected chi connectivity index (χ1v) is 4.20. The molecule has 12 heavy (non-hydrogen) atoms. The van der Waals surface area contributed by atoms with Crippen molar-refractivity contribution < 1.29 is 14.3 Å². The van der Waals surface area contributed by atoms with Crippen LogP contribution in [-0.2, 0) is 14.3 Å². The summed E-state index contributed by atoms with van der Waals surface area (Å²) < 4.78 is 9.93. The van der Waals surface area contributed by atoms with Crippen LogP contribution in [0.2, 0.25) is 0 Å². The van der Waals surface area contributed by atoms with Gasteiger partial charge in [-0.1, -0.05) is 0 Å². The Balaban J connectivity index is 2.35. The van der Waals surface area contributed by atoms with Crippen molar-refractivity contribution in [3.05, 3.63) is 0 Å². The molecule has 1 aliphatic rings. The minimum atomic E-state index is -0.343. The van der Waals surface area contributed by atoms with Gasteiger partial charge < -0.3 is 15.2 Å². The molecule has 4 heteroatoms. The molecule has 0 aliphatic carbocycles. The van der Waals surface area contributed by atoms with E-state index in [1.807, 2.05) is 0 Å². The Bertz CT molecular complexity index is 160. The molecule has 0 spiro atoms. The number of esters is 1. The Morgan fingerprint density at radius 2 is 2.50 bits per heavy atom. The number of cyclic esters (lactones) is 1. The summed E-state index contributed by atoms with van der Waals surface area (Å²) in [5.41, 5.74) is 5.36. The maximum absolute atomic E-state index is 10.9. The van der Waals surface area contributed by atoms with E-state index in [0.717, 1.165) is 12.8 Å². The normalized spacial score (nSPS) is 29.0. The summed E-state index contributed by atoms with van der Waals surface area (Å²) in [5, 5.41) is 0. The van der Waals surface area contributed by atoms with Crippen LogP contribution >= 0.6 is 0 Å². The van der Waals surface area contributed by atoms with Gasteiger partial charge >= 0.3 is 5.97 Å².